The van der Waals surface area contributed by atoms with Gasteiger partial charge in [-0.3, -0.25) is 9.97 Å². The number of benzene rings is 2. The lowest BCUT2D eigenvalue weighted by Crippen LogP contribution is -2.30. The van der Waals surface area contributed by atoms with Crippen molar-refractivity contribution in [2.45, 2.75) is 19.0 Å². The molecule has 0 N–H and O–H groups in total. The second-order valence-corrected chi connectivity index (χ2v) is 6.48. The second-order valence-electron chi connectivity index (χ2n) is 6.48. The molecule has 0 spiro atoms. The molecule has 1 fully saturated rings. The van der Waals surface area contributed by atoms with E-state index in [4.69, 9.17) is 0 Å². The summed E-state index contributed by atoms with van der Waals surface area (Å²) in [7, 11) is 0. The second kappa shape index (κ2) is 5.55. The highest BCUT2D eigenvalue weighted by Gasteiger charge is 2.36. The third-order valence-corrected chi connectivity index (χ3v) is 4.96. The SMILES string of the molecule is Fc1ccc(N2C=C3CCCN3C2c2ccc3nccnc3c2)cc1. The first-order valence-electron chi connectivity index (χ1n) is 8.51. The van der Waals surface area contributed by atoms with Crippen LogP contribution in [0.1, 0.15) is 24.6 Å². The highest BCUT2D eigenvalue weighted by molar-refractivity contribution is 5.75. The van der Waals surface area contributed by atoms with Gasteiger partial charge in [0, 0.05) is 36.5 Å². The summed E-state index contributed by atoms with van der Waals surface area (Å²) in [5, 5.41) is 0. The van der Waals surface area contributed by atoms with Crippen molar-refractivity contribution >= 4 is 16.7 Å². The molecule has 3 aromatic rings. The van der Waals surface area contributed by atoms with Crippen molar-refractivity contribution in [1.29, 1.82) is 0 Å². The summed E-state index contributed by atoms with van der Waals surface area (Å²) in [6, 6.07) is 13.0. The molecule has 5 rings (SSSR count). The van der Waals surface area contributed by atoms with Gasteiger partial charge in [-0.05, 0) is 54.8 Å². The van der Waals surface area contributed by atoms with Crippen LogP contribution in [0.2, 0.25) is 0 Å². The predicted molar refractivity (Wildman–Crippen MR) is 95.2 cm³/mol. The number of hydrogen-bond acceptors (Lipinski definition) is 4. The molecule has 2 aromatic carbocycles. The fourth-order valence-electron chi connectivity index (χ4n) is 3.83. The summed E-state index contributed by atoms with van der Waals surface area (Å²) in [5.74, 6) is -0.214. The van der Waals surface area contributed by atoms with Gasteiger partial charge in [-0.15, -0.1) is 0 Å². The van der Waals surface area contributed by atoms with E-state index in [1.807, 2.05) is 18.2 Å². The molecule has 1 unspecified atom stereocenters. The van der Waals surface area contributed by atoms with E-state index in [9.17, 15) is 4.39 Å². The molecular formula is C20H17FN4. The van der Waals surface area contributed by atoms with Gasteiger partial charge >= 0.3 is 0 Å². The minimum atomic E-state index is -0.214. The van der Waals surface area contributed by atoms with Crippen molar-refractivity contribution in [3.63, 3.8) is 0 Å². The van der Waals surface area contributed by atoms with Crippen LogP contribution in [0, 0.1) is 5.82 Å². The van der Waals surface area contributed by atoms with E-state index in [0.717, 1.165) is 29.7 Å². The minimum absolute atomic E-state index is 0.0781. The molecule has 1 saturated heterocycles. The monoisotopic (exact) mass is 332 g/mol. The number of anilines is 1. The fourth-order valence-corrected chi connectivity index (χ4v) is 3.83. The number of allylic oxidation sites excluding steroid dienone is 1. The Hall–Kier alpha value is -2.95. The third-order valence-electron chi connectivity index (χ3n) is 4.96. The minimum Gasteiger partial charge on any atom is -0.349 e. The van der Waals surface area contributed by atoms with Gasteiger partial charge in [0.05, 0.1) is 11.0 Å². The van der Waals surface area contributed by atoms with Gasteiger partial charge in [0.2, 0.25) is 0 Å². The third kappa shape index (κ3) is 2.35. The molecule has 0 bridgehead atoms. The van der Waals surface area contributed by atoms with Gasteiger partial charge in [-0.1, -0.05) is 6.07 Å². The van der Waals surface area contributed by atoms with Crippen LogP contribution in [0.3, 0.4) is 0 Å². The van der Waals surface area contributed by atoms with E-state index in [1.54, 1.807) is 12.4 Å². The number of halogens is 1. The van der Waals surface area contributed by atoms with Gasteiger partial charge in [0.15, 0.2) is 0 Å². The number of fused-ring (bicyclic) bond motifs is 2. The van der Waals surface area contributed by atoms with Crippen LogP contribution in [0.4, 0.5) is 10.1 Å². The molecule has 0 radical (unpaired) electrons. The van der Waals surface area contributed by atoms with Crippen LogP contribution in [0.25, 0.3) is 11.0 Å². The molecule has 3 heterocycles. The number of aromatic nitrogens is 2. The standard InChI is InChI=1S/C20H17FN4/c21-15-4-6-16(7-5-15)25-13-17-2-1-11-24(17)20(25)14-3-8-18-19(12-14)23-10-9-22-18/h3-10,12-13,20H,1-2,11H2. The van der Waals surface area contributed by atoms with Crippen molar-refractivity contribution in [2.75, 3.05) is 11.4 Å². The van der Waals surface area contributed by atoms with E-state index in [2.05, 4.69) is 38.1 Å². The normalized spacial score (nSPS) is 19.4. The quantitative estimate of drug-likeness (QED) is 0.703. The lowest BCUT2D eigenvalue weighted by molar-refractivity contribution is 0.319. The van der Waals surface area contributed by atoms with E-state index < -0.39 is 0 Å². The summed E-state index contributed by atoms with van der Waals surface area (Å²) in [6.45, 7) is 1.03. The number of hydrogen-bond donors (Lipinski definition) is 0. The average Bonchev–Trinajstić information content (AvgIpc) is 3.23. The molecule has 0 amide bonds. The molecule has 1 aromatic heterocycles. The molecule has 124 valence electrons. The number of rotatable bonds is 2. The van der Waals surface area contributed by atoms with Gasteiger partial charge in [0.1, 0.15) is 12.0 Å². The molecule has 0 aliphatic carbocycles. The first-order valence-corrected chi connectivity index (χ1v) is 8.51. The molecule has 4 nitrogen and oxygen atoms in total. The zero-order chi connectivity index (χ0) is 16.8. The maximum atomic E-state index is 13.3. The van der Waals surface area contributed by atoms with Crippen molar-refractivity contribution in [3.05, 3.63) is 78.1 Å². The van der Waals surface area contributed by atoms with Crippen LogP contribution in [-0.2, 0) is 0 Å². The van der Waals surface area contributed by atoms with Crippen LogP contribution in [0.15, 0.2) is 66.8 Å². The Kier molecular flexibility index (Phi) is 3.20. The van der Waals surface area contributed by atoms with Gasteiger partial charge in [-0.25, -0.2) is 4.39 Å². The smallest absolute Gasteiger partial charge is 0.132 e. The van der Waals surface area contributed by atoms with Crippen LogP contribution in [-0.4, -0.2) is 21.4 Å². The molecule has 25 heavy (non-hydrogen) atoms. The molecular weight excluding hydrogens is 315 g/mol. The summed E-state index contributed by atoms with van der Waals surface area (Å²) >= 11 is 0. The van der Waals surface area contributed by atoms with E-state index >= 15 is 0 Å². The maximum absolute atomic E-state index is 13.3. The Labute approximate surface area is 145 Å². The molecule has 2 aliphatic heterocycles. The highest BCUT2D eigenvalue weighted by Crippen LogP contribution is 2.43. The van der Waals surface area contributed by atoms with Gasteiger partial charge in [-0.2, -0.15) is 0 Å². The van der Waals surface area contributed by atoms with Crippen molar-refractivity contribution in [2.24, 2.45) is 0 Å². The number of nitrogens with zero attached hydrogens (tertiary/aromatic N) is 4. The predicted octanol–water partition coefficient (Wildman–Crippen LogP) is 4.22. The zero-order valence-electron chi connectivity index (χ0n) is 13.6. The Morgan fingerprint density at radius 1 is 0.960 bits per heavy atom. The fraction of sp³-hybridized carbons (Fsp3) is 0.200. The average molecular weight is 332 g/mol. The Morgan fingerprint density at radius 2 is 1.76 bits per heavy atom. The Bertz CT molecular complexity index is 967. The topological polar surface area (TPSA) is 32.3 Å². The first kappa shape index (κ1) is 14.4. The van der Waals surface area contributed by atoms with Gasteiger partial charge < -0.3 is 9.80 Å². The largest absolute Gasteiger partial charge is 0.349 e. The van der Waals surface area contributed by atoms with Gasteiger partial charge in [0.25, 0.3) is 0 Å². The van der Waals surface area contributed by atoms with Crippen LogP contribution >= 0.6 is 0 Å². The first-order chi connectivity index (χ1) is 12.3. The van der Waals surface area contributed by atoms with Crippen molar-refractivity contribution < 1.29 is 4.39 Å². The maximum Gasteiger partial charge on any atom is 0.132 e. The summed E-state index contributed by atoms with van der Waals surface area (Å²) in [5.41, 5.74) is 5.30. The van der Waals surface area contributed by atoms with Crippen LogP contribution < -0.4 is 4.90 Å². The zero-order valence-corrected chi connectivity index (χ0v) is 13.6. The Morgan fingerprint density at radius 3 is 2.60 bits per heavy atom. The summed E-state index contributed by atoms with van der Waals surface area (Å²) < 4.78 is 13.3. The Balaban J connectivity index is 1.61. The van der Waals surface area contributed by atoms with E-state index in [1.165, 1.54) is 29.8 Å². The molecule has 5 heteroatoms. The molecule has 2 aliphatic rings. The highest BCUT2D eigenvalue weighted by atomic mass is 19.1. The summed E-state index contributed by atoms with van der Waals surface area (Å²) in [4.78, 5) is 13.5. The lowest BCUT2D eigenvalue weighted by atomic mass is 10.1. The lowest BCUT2D eigenvalue weighted by Gasteiger charge is -2.32. The summed E-state index contributed by atoms with van der Waals surface area (Å²) in [6.07, 6.45) is 7.97. The van der Waals surface area contributed by atoms with Crippen LogP contribution in [0.5, 0.6) is 0 Å². The van der Waals surface area contributed by atoms with Crippen molar-refractivity contribution in [3.8, 4) is 0 Å². The van der Waals surface area contributed by atoms with Crippen molar-refractivity contribution in [1.82, 2.24) is 14.9 Å². The molecule has 1 atom stereocenters. The molecule has 0 saturated carbocycles. The van der Waals surface area contributed by atoms with E-state index in [0.29, 0.717) is 0 Å². The van der Waals surface area contributed by atoms with E-state index in [-0.39, 0.29) is 12.0 Å².